The lowest BCUT2D eigenvalue weighted by molar-refractivity contribution is -0.126. The van der Waals surface area contributed by atoms with E-state index in [1.54, 1.807) is 0 Å². The molecule has 108 valence electrons. The number of ether oxygens (including phenoxy) is 1. The van der Waals surface area contributed by atoms with Crippen LogP contribution in [0.4, 0.5) is 9.18 Å². The van der Waals surface area contributed by atoms with Crippen LogP contribution in [0.3, 0.4) is 0 Å². The molecular weight excluding hydrogens is 271 g/mol. The van der Waals surface area contributed by atoms with Crippen LogP contribution in [0.25, 0.3) is 0 Å². The highest BCUT2D eigenvalue weighted by Gasteiger charge is 2.18. The van der Waals surface area contributed by atoms with Crippen molar-refractivity contribution in [1.29, 1.82) is 0 Å². The number of carboxylic acids is 1. The van der Waals surface area contributed by atoms with Gasteiger partial charge in [-0.1, -0.05) is 0 Å². The average molecular weight is 284 g/mol. The number of benzene rings is 1. The zero-order chi connectivity index (χ0) is 15.3. The van der Waals surface area contributed by atoms with Crippen LogP contribution in [-0.4, -0.2) is 36.2 Å². The molecule has 0 fully saturated rings. The standard InChI is InChI=1S/C12H13FN2O5/c1-6(10(16)15-12(19)14-2)20-7-3-4-8(11(17)18)9(13)5-7/h3-6H,1-2H3,(H,17,18)(H2,14,15,16,19). The van der Waals surface area contributed by atoms with Gasteiger partial charge in [-0.05, 0) is 19.1 Å². The normalized spacial score (nSPS) is 11.3. The van der Waals surface area contributed by atoms with E-state index in [9.17, 15) is 18.8 Å². The second kappa shape index (κ2) is 6.50. The van der Waals surface area contributed by atoms with Gasteiger partial charge in [-0.25, -0.2) is 14.0 Å². The summed E-state index contributed by atoms with van der Waals surface area (Å²) in [5, 5.41) is 12.8. The molecule has 1 aromatic rings. The van der Waals surface area contributed by atoms with E-state index in [2.05, 4.69) is 5.32 Å². The Morgan fingerprint density at radius 1 is 1.35 bits per heavy atom. The van der Waals surface area contributed by atoms with E-state index in [1.807, 2.05) is 5.32 Å². The van der Waals surface area contributed by atoms with Gasteiger partial charge in [-0.15, -0.1) is 0 Å². The molecule has 0 spiro atoms. The number of hydrogen-bond acceptors (Lipinski definition) is 4. The minimum absolute atomic E-state index is 0.0212. The van der Waals surface area contributed by atoms with Crippen LogP contribution in [0.2, 0.25) is 0 Å². The number of carboxylic acid groups (broad SMARTS) is 1. The Morgan fingerprint density at radius 3 is 2.50 bits per heavy atom. The number of amides is 3. The van der Waals surface area contributed by atoms with Gasteiger partial charge in [0.2, 0.25) is 0 Å². The van der Waals surface area contributed by atoms with E-state index in [-0.39, 0.29) is 5.75 Å². The molecule has 3 N–H and O–H groups in total. The molecule has 8 heteroatoms. The van der Waals surface area contributed by atoms with Crippen molar-refractivity contribution in [3.8, 4) is 5.75 Å². The van der Waals surface area contributed by atoms with Crippen LogP contribution in [0.5, 0.6) is 5.75 Å². The van der Waals surface area contributed by atoms with Gasteiger partial charge in [0.25, 0.3) is 5.91 Å². The predicted molar refractivity (Wildman–Crippen MR) is 66.0 cm³/mol. The Hall–Kier alpha value is -2.64. The lowest BCUT2D eigenvalue weighted by atomic mass is 10.2. The smallest absolute Gasteiger partial charge is 0.338 e. The van der Waals surface area contributed by atoms with Gasteiger partial charge in [0.15, 0.2) is 6.10 Å². The first-order valence-electron chi connectivity index (χ1n) is 5.57. The first-order chi connectivity index (χ1) is 9.35. The lowest BCUT2D eigenvalue weighted by Gasteiger charge is -2.14. The summed E-state index contributed by atoms with van der Waals surface area (Å²) in [6, 6.07) is 2.40. The zero-order valence-electron chi connectivity index (χ0n) is 10.8. The van der Waals surface area contributed by atoms with Gasteiger partial charge in [0.1, 0.15) is 11.6 Å². The van der Waals surface area contributed by atoms with Crippen molar-refractivity contribution in [3.05, 3.63) is 29.6 Å². The fourth-order valence-electron chi connectivity index (χ4n) is 1.28. The van der Waals surface area contributed by atoms with Crippen LogP contribution in [0.1, 0.15) is 17.3 Å². The fraction of sp³-hybridized carbons (Fsp3) is 0.250. The number of aromatic carboxylic acids is 1. The number of imide groups is 1. The first kappa shape index (κ1) is 15.4. The minimum Gasteiger partial charge on any atom is -0.481 e. The van der Waals surface area contributed by atoms with Crippen molar-refractivity contribution in [2.75, 3.05) is 7.05 Å². The fourth-order valence-corrected chi connectivity index (χ4v) is 1.28. The number of rotatable bonds is 4. The van der Waals surface area contributed by atoms with E-state index < -0.39 is 35.4 Å². The van der Waals surface area contributed by atoms with Crippen LogP contribution in [-0.2, 0) is 4.79 Å². The van der Waals surface area contributed by atoms with E-state index in [1.165, 1.54) is 20.0 Å². The van der Waals surface area contributed by atoms with E-state index in [0.717, 1.165) is 12.1 Å². The van der Waals surface area contributed by atoms with Gasteiger partial charge in [-0.3, -0.25) is 10.1 Å². The summed E-state index contributed by atoms with van der Waals surface area (Å²) in [5.41, 5.74) is -0.500. The van der Waals surface area contributed by atoms with Gasteiger partial charge in [-0.2, -0.15) is 0 Å². The first-order valence-corrected chi connectivity index (χ1v) is 5.57. The molecule has 0 aliphatic heterocycles. The largest absolute Gasteiger partial charge is 0.481 e. The second-order valence-electron chi connectivity index (χ2n) is 3.78. The Bertz CT molecular complexity index is 547. The van der Waals surface area contributed by atoms with Gasteiger partial charge >= 0.3 is 12.0 Å². The summed E-state index contributed by atoms with van der Waals surface area (Å²) < 4.78 is 18.5. The van der Waals surface area contributed by atoms with E-state index in [4.69, 9.17) is 9.84 Å². The number of carbonyl (C=O) groups is 3. The number of carbonyl (C=O) groups excluding carboxylic acids is 2. The van der Waals surface area contributed by atoms with Crippen molar-refractivity contribution in [2.24, 2.45) is 0 Å². The molecule has 0 aliphatic carbocycles. The molecule has 0 bridgehead atoms. The van der Waals surface area contributed by atoms with Crippen LogP contribution >= 0.6 is 0 Å². The Labute approximate surface area is 113 Å². The molecule has 1 rings (SSSR count). The molecule has 0 radical (unpaired) electrons. The van der Waals surface area contributed by atoms with Crippen molar-refractivity contribution in [3.63, 3.8) is 0 Å². The van der Waals surface area contributed by atoms with Crippen LogP contribution in [0.15, 0.2) is 18.2 Å². The molecule has 1 unspecified atom stereocenters. The number of halogens is 1. The summed E-state index contributed by atoms with van der Waals surface area (Å²) in [7, 11) is 1.34. The Balaban J connectivity index is 2.73. The number of hydrogen-bond donors (Lipinski definition) is 3. The van der Waals surface area contributed by atoms with Crippen LogP contribution in [0, 0.1) is 5.82 Å². The summed E-state index contributed by atoms with van der Waals surface area (Å²) in [6.45, 7) is 1.36. The lowest BCUT2D eigenvalue weighted by Crippen LogP contribution is -2.43. The molecule has 20 heavy (non-hydrogen) atoms. The van der Waals surface area contributed by atoms with E-state index in [0.29, 0.717) is 0 Å². The summed E-state index contributed by atoms with van der Waals surface area (Å²) in [5.74, 6) is -3.12. The number of urea groups is 1. The summed E-state index contributed by atoms with van der Waals surface area (Å²) in [4.78, 5) is 33.0. The van der Waals surface area contributed by atoms with Crippen molar-refractivity contribution in [1.82, 2.24) is 10.6 Å². The van der Waals surface area contributed by atoms with Crippen LogP contribution < -0.4 is 15.4 Å². The second-order valence-corrected chi connectivity index (χ2v) is 3.78. The highest BCUT2D eigenvalue weighted by molar-refractivity contribution is 5.96. The summed E-state index contributed by atoms with van der Waals surface area (Å²) in [6.07, 6.45) is -1.05. The third-order valence-corrected chi connectivity index (χ3v) is 2.32. The number of nitrogens with one attached hydrogen (secondary N) is 2. The quantitative estimate of drug-likeness (QED) is 0.756. The Morgan fingerprint density at radius 2 is 2.00 bits per heavy atom. The van der Waals surface area contributed by atoms with Crippen molar-refractivity contribution < 1.29 is 28.6 Å². The highest BCUT2D eigenvalue weighted by atomic mass is 19.1. The molecular formula is C12H13FN2O5. The average Bonchev–Trinajstić information content (AvgIpc) is 2.37. The topological polar surface area (TPSA) is 105 Å². The Kier molecular flexibility index (Phi) is 5.01. The van der Waals surface area contributed by atoms with Gasteiger partial charge < -0.3 is 15.2 Å². The molecule has 3 amide bonds. The molecule has 1 aromatic carbocycles. The van der Waals surface area contributed by atoms with Gasteiger partial charge in [0.05, 0.1) is 5.56 Å². The molecule has 0 saturated carbocycles. The third-order valence-electron chi connectivity index (χ3n) is 2.32. The SMILES string of the molecule is CNC(=O)NC(=O)C(C)Oc1ccc(C(=O)O)c(F)c1. The highest BCUT2D eigenvalue weighted by Crippen LogP contribution is 2.18. The maximum Gasteiger partial charge on any atom is 0.338 e. The molecule has 0 aromatic heterocycles. The molecule has 0 saturated heterocycles. The summed E-state index contributed by atoms with van der Waals surface area (Å²) >= 11 is 0. The molecule has 0 heterocycles. The van der Waals surface area contributed by atoms with E-state index >= 15 is 0 Å². The zero-order valence-corrected chi connectivity index (χ0v) is 10.8. The molecule has 7 nitrogen and oxygen atoms in total. The maximum atomic E-state index is 13.4. The predicted octanol–water partition coefficient (Wildman–Crippen LogP) is 0.747. The van der Waals surface area contributed by atoms with Crippen molar-refractivity contribution >= 4 is 17.9 Å². The third kappa shape index (κ3) is 3.94. The molecule has 0 aliphatic rings. The molecule has 1 atom stereocenters. The van der Waals surface area contributed by atoms with Gasteiger partial charge in [0, 0.05) is 13.1 Å². The monoisotopic (exact) mass is 284 g/mol. The van der Waals surface area contributed by atoms with Crippen molar-refractivity contribution in [2.45, 2.75) is 13.0 Å². The minimum atomic E-state index is -1.40. The maximum absolute atomic E-state index is 13.4.